The van der Waals surface area contributed by atoms with Gasteiger partial charge in [0.15, 0.2) is 5.69 Å². The number of nitrogens with one attached hydrogen (secondary N) is 2. The molecule has 1 aromatic heterocycles. The second kappa shape index (κ2) is 11.1. The van der Waals surface area contributed by atoms with Gasteiger partial charge in [0.1, 0.15) is 11.8 Å². The Morgan fingerprint density at radius 1 is 1.00 bits per heavy atom. The van der Waals surface area contributed by atoms with Crippen LogP contribution in [-0.4, -0.2) is 32.0 Å². The predicted molar refractivity (Wildman–Crippen MR) is 133 cm³/mol. The number of amides is 2. The van der Waals surface area contributed by atoms with Gasteiger partial charge < -0.3 is 20.8 Å². The van der Waals surface area contributed by atoms with Crippen LogP contribution in [0.4, 0.5) is 23.7 Å². The number of carbonyl (C=O) groups excluding carboxylic acids is 1. The highest BCUT2D eigenvalue weighted by molar-refractivity contribution is 6.03. The lowest BCUT2D eigenvalue weighted by Crippen LogP contribution is -2.20. The highest BCUT2D eigenvalue weighted by Crippen LogP contribution is 2.30. The number of alkyl halides is 3. The van der Waals surface area contributed by atoms with Crippen molar-refractivity contribution in [3.63, 3.8) is 0 Å². The fourth-order valence-corrected chi connectivity index (χ4v) is 3.81. The van der Waals surface area contributed by atoms with Crippen LogP contribution in [0.2, 0.25) is 0 Å². The van der Waals surface area contributed by atoms with Crippen molar-refractivity contribution in [2.24, 2.45) is 0 Å². The number of hydrogen-bond acceptors (Lipinski definition) is 5. The molecular weight excluding hydrogens is 515 g/mol. The van der Waals surface area contributed by atoms with E-state index < -0.39 is 35.7 Å². The van der Waals surface area contributed by atoms with Crippen LogP contribution in [0.3, 0.4) is 0 Å². The number of halogens is 3. The molecule has 1 heterocycles. The van der Waals surface area contributed by atoms with Gasteiger partial charge in [-0.2, -0.15) is 23.5 Å². The van der Waals surface area contributed by atoms with Gasteiger partial charge in [-0.1, -0.05) is 36.4 Å². The van der Waals surface area contributed by atoms with Gasteiger partial charge in [0, 0.05) is 18.3 Å². The molecule has 39 heavy (non-hydrogen) atoms. The molecule has 1 unspecified atom stereocenters. The highest BCUT2D eigenvalue weighted by atomic mass is 19.4. The first-order valence-electron chi connectivity index (χ1n) is 11.4. The van der Waals surface area contributed by atoms with E-state index in [0.717, 1.165) is 4.68 Å². The van der Waals surface area contributed by atoms with Crippen LogP contribution < -0.4 is 10.6 Å². The summed E-state index contributed by atoms with van der Waals surface area (Å²) >= 11 is 0. The zero-order valence-electron chi connectivity index (χ0n) is 20.0. The summed E-state index contributed by atoms with van der Waals surface area (Å²) in [6.45, 7) is -0.107. The molecule has 198 valence electrons. The number of rotatable bonds is 7. The maximum absolute atomic E-state index is 13.5. The Kier molecular flexibility index (Phi) is 7.64. The molecule has 0 saturated carbocycles. The van der Waals surface area contributed by atoms with E-state index in [9.17, 15) is 27.9 Å². The van der Waals surface area contributed by atoms with Crippen molar-refractivity contribution in [2.45, 2.75) is 18.8 Å². The third-order valence-corrected chi connectivity index (χ3v) is 5.62. The second-order valence-electron chi connectivity index (χ2n) is 8.37. The zero-order chi connectivity index (χ0) is 28.2. The minimum absolute atomic E-state index is 0.107. The summed E-state index contributed by atoms with van der Waals surface area (Å²) in [5.41, 5.74) is 0.228. The van der Waals surface area contributed by atoms with Crippen LogP contribution in [0.5, 0.6) is 0 Å². The summed E-state index contributed by atoms with van der Waals surface area (Å²) in [4.78, 5) is 24.0. The number of carboxylic acid groups (broad SMARTS) is 1. The number of aliphatic hydroxyl groups excluding tert-OH is 1. The SMILES string of the molecule is N#Cc1cccc(C(O)c2cccc(NC(=O)c3cc(C(F)(F)F)nn3-c3cccc(CNC(=O)O)c3)c2)c1. The molecule has 0 radical (unpaired) electrons. The Labute approximate surface area is 219 Å². The Morgan fingerprint density at radius 2 is 1.69 bits per heavy atom. The molecule has 0 aliphatic carbocycles. The smallest absolute Gasteiger partial charge is 0.435 e. The van der Waals surface area contributed by atoms with Gasteiger partial charge in [-0.3, -0.25) is 4.79 Å². The molecule has 1 atom stereocenters. The summed E-state index contributed by atoms with van der Waals surface area (Å²) in [5, 5.41) is 37.0. The monoisotopic (exact) mass is 535 g/mol. The van der Waals surface area contributed by atoms with Gasteiger partial charge >= 0.3 is 12.3 Å². The minimum Gasteiger partial charge on any atom is -0.465 e. The number of aliphatic hydroxyl groups is 1. The van der Waals surface area contributed by atoms with E-state index in [0.29, 0.717) is 28.3 Å². The van der Waals surface area contributed by atoms with Crippen molar-refractivity contribution in [1.29, 1.82) is 5.26 Å². The van der Waals surface area contributed by atoms with E-state index in [2.05, 4.69) is 15.7 Å². The van der Waals surface area contributed by atoms with Crippen molar-refractivity contribution < 1.29 is 33.0 Å². The van der Waals surface area contributed by atoms with Crippen molar-refractivity contribution in [3.8, 4) is 11.8 Å². The van der Waals surface area contributed by atoms with Crippen LogP contribution in [0.1, 0.15) is 44.5 Å². The second-order valence-corrected chi connectivity index (χ2v) is 8.37. The number of benzene rings is 3. The lowest BCUT2D eigenvalue weighted by atomic mass is 9.99. The summed E-state index contributed by atoms with van der Waals surface area (Å²) < 4.78 is 41.3. The normalized spacial score (nSPS) is 11.9. The number of hydrogen-bond donors (Lipinski definition) is 4. The quantitative estimate of drug-likeness (QED) is 0.266. The average Bonchev–Trinajstić information content (AvgIpc) is 3.39. The summed E-state index contributed by atoms with van der Waals surface area (Å²) in [7, 11) is 0. The standard InChI is InChI=1S/C27H20F3N5O4/c28-27(29,30)23-13-22(35(34-23)21-9-2-5-17(11-21)15-32-26(38)39)25(37)33-20-8-3-7-19(12-20)24(36)18-6-1-4-16(10-18)14-31/h1-13,24,32,36H,15H2,(H,33,37)(H,38,39). The number of aromatic nitrogens is 2. The van der Waals surface area contributed by atoms with Crippen molar-refractivity contribution in [1.82, 2.24) is 15.1 Å². The molecule has 0 spiro atoms. The summed E-state index contributed by atoms with van der Waals surface area (Å²) in [6, 6.07) is 21.0. The maximum atomic E-state index is 13.5. The molecule has 0 saturated heterocycles. The van der Waals surface area contributed by atoms with Crippen LogP contribution in [0, 0.1) is 11.3 Å². The molecule has 0 aliphatic heterocycles. The first-order chi connectivity index (χ1) is 18.5. The van der Waals surface area contributed by atoms with Gasteiger partial charge in [-0.25, -0.2) is 9.48 Å². The molecule has 9 nitrogen and oxygen atoms in total. The van der Waals surface area contributed by atoms with Gasteiger partial charge in [0.05, 0.1) is 17.3 Å². The zero-order valence-corrected chi connectivity index (χ0v) is 20.0. The molecule has 4 rings (SSSR count). The molecule has 12 heteroatoms. The van der Waals surface area contributed by atoms with Crippen LogP contribution in [-0.2, 0) is 12.7 Å². The number of nitriles is 1. The van der Waals surface area contributed by atoms with Crippen molar-refractivity contribution in [3.05, 3.63) is 113 Å². The molecule has 3 aromatic carbocycles. The van der Waals surface area contributed by atoms with Crippen molar-refractivity contribution >= 4 is 17.7 Å². The van der Waals surface area contributed by atoms with E-state index in [-0.39, 0.29) is 17.9 Å². The van der Waals surface area contributed by atoms with Gasteiger partial charge in [-0.15, -0.1) is 0 Å². The Morgan fingerprint density at radius 3 is 2.38 bits per heavy atom. The molecule has 0 aliphatic rings. The van der Waals surface area contributed by atoms with E-state index in [1.54, 1.807) is 36.4 Å². The fraction of sp³-hybridized carbons (Fsp3) is 0.111. The van der Waals surface area contributed by atoms with E-state index in [1.165, 1.54) is 36.4 Å². The summed E-state index contributed by atoms with van der Waals surface area (Å²) in [6.07, 6.45) is -7.23. The Bertz CT molecular complexity index is 1580. The lowest BCUT2D eigenvalue weighted by Gasteiger charge is -2.14. The van der Waals surface area contributed by atoms with Crippen molar-refractivity contribution in [2.75, 3.05) is 5.32 Å². The van der Waals surface area contributed by atoms with E-state index in [1.807, 2.05) is 6.07 Å². The van der Waals surface area contributed by atoms with E-state index in [4.69, 9.17) is 10.4 Å². The molecule has 4 N–H and O–H groups in total. The molecule has 4 aromatic rings. The maximum Gasteiger partial charge on any atom is 0.435 e. The molecule has 0 bridgehead atoms. The molecule has 0 fully saturated rings. The van der Waals surface area contributed by atoms with Gasteiger partial charge in [-0.05, 0) is 53.1 Å². The Hall–Kier alpha value is -5.15. The van der Waals surface area contributed by atoms with Crippen LogP contribution in [0.15, 0.2) is 78.9 Å². The third kappa shape index (κ3) is 6.41. The van der Waals surface area contributed by atoms with Crippen LogP contribution in [0.25, 0.3) is 5.69 Å². The highest BCUT2D eigenvalue weighted by Gasteiger charge is 2.36. The fourth-order valence-electron chi connectivity index (χ4n) is 3.81. The van der Waals surface area contributed by atoms with Crippen LogP contribution >= 0.6 is 0 Å². The third-order valence-electron chi connectivity index (χ3n) is 5.62. The molecule has 2 amide bonds. The average molecular weight is 535 g/mol. The Balaban J connectivity index is 1.64. The largest absolute Gasteiger partial charge is 0.465 e. The van der Waals surface area contributed by atoms with Gasteiger partial charge in [0.2, 0.25) is 0 Å². The summed E-state index contributed by atoms with van der Waals surface area (Å²) in [5.74, 6) is -0.898. The minimum atomic E-state index is -4.83. The number of anilines is 1. The first kappa shape index (κ1) is 26.9. The number of nitrogens with zero attached hydrogens (tertiary/aromatic N) is 3. The first-order valence-corrected chi connectivity index (χ1v) is 11.4. The predicted octanol–water partition coefficient (Wildman–Crippen LogP) is 4.86. The lowest BCUT2D eigenvalue weighted by molar-refractivity contribution is -0.141. The molecular formula is C27H20F3N5O4. The topological polar surface area (TPSA) is 140 Å². The van der Waals surface area contributed by atoms with E-state index >= 15 is 0 Å². The van der Waals surface area contributed by atoms with Gasteiger partial charge in [0.25, 0.3) is 5.91 Å². The number of carbonyl (C=O) groups is 2.